The number of hydrogen-bond acceptors (Lipinski definition) is 3. The standard InChI is InChI=1S/C34H60O3Si/c1-24(14-12-20-32(6,7)36)28-18-19-29-26(15-13-21-34(28,29)9)16-17-27-22-33(8,23-30(35)25(27)2)37-38(10,11)31(3,4)5/h16-17,24,28-30,35-36H,2,12-15,18-23H2,1,3-11H3/t24-,28?,29?,30-,33+,34+/m0/s1. The summed E-state index contributed by atoms with van der Waals surface area (Å²) < 4.78 is 6.91. The lowest BCUT2D eigenvalue weighted by molar-refractivity contribution is 0.0139. The van der Waals surface area contributed by atoms with Crippen molar-refractivity contribution in [3.05, 3.63) is 35.5 Å². The molecule has 4 heteroatoms. The van der Waals surface area contributed by atoms with Gasteiger partial charge in [0.15, 0.2) is 8.32 Å². The molecule has 3 saturated carbocycles. The molecule has 0 amide bonds. The van der Waals surface area contributed by atoms with E-state index in [4.69, 9.17) is 4.43 Å². The van der Waals surface area contributed by atoms with E-state index in [1.807, 2.05) is 13.8 Å². The Balaban J connectivity index is 1.77. The predicted molar refractivity (Wildman–Crippen MR) is 165 cm³/mol. The highest BCUT2D eigenvalue weighted by Gasteiger charge is 2.50. The van der Waals surface area contributed by atoms with Crippen molar-refractivity contribution in [1.29, 1.82) is 0 Å². The zero-order valence-corrected chi connectivity index (χ0v) is 27.5. The second kappa shape index (κ2) is 11.3. The molecule has 3 aliphatic rings. The molecule has 0 spiro atoms. The topological polar surface area (TPSA) is 49.7 Å². The van der Waals surface area contributed by atoms with Crippen LogP contribution in [0.15, 0.2) is 35.5 Å². The minimum absolute atomic E-state index is 0.137. The maximum Gasteiger partial charge on any atom is 0.192 e. The van der Waals surface area contributed by atoms with Gasteiger partial charge >= 0.3 is 0 Å². The first-order valence-electron chi connectivity index (χ1n) is 15.5. The molecule has 0 aliphatic heterocycles. The number of rotatable bonds is 8. The molecule has 2 N–H and O–H groups in total. The van der Waals surface area contributed by atoms with Crippen LogP contribution in [0.3, 0.4) is 0 Å². The van der Waals surface area contributed by atoms with E-state index in [2.05, 4.69) is 73.4 Å². The first-order chi connectivity index (χ1) is 17.3. The van der Waals surface area contributed by atoms with Crippen LogP contribution in [0.2, 0.25) is 18.1 Å². The molecule has 0 aromatic rings. The third-order valence-corrected chi connectivity index (χ3v) is 15.6. The smallest absolute Gasteiger partial charge is 0.192 e. The fraction of sp³-hybridized carbons (Fsp3) is 0.824. The molecule has 0 bridgehead atoms. The van der Waals surface area contributed by atoms with Gasteiger partial charge in [-0.1, -0.05) is 71.8 Å². The summed E-state index contributed by atoms with van der Waals surface area (Å²) in [6.07, 6.45) is 15.2. The Labute approximate surface area is 236 Å². The van der Waals surface area contributed by atoms with Crippen LogP contribution >= 0.6 is 0 Å². The maximum absolute atomic E-state index is 11.0. The van der Waals surface area contributed by atoms with E-state index in [1.165, 1.54) is 44.1 Å². The van der Waals surface area contributed by atoms with E-state index < -0.39 is 20.0 Å². The van der Waals surface area contributed by atoms with Crippen molar-refractivity contribution in [1.82, 2.24) is 0 Å². The summed E-state index contributed by atoms with van der Waals surface area (Å²) in [5.41, 5.74) is 3.11. The molecule has 3 aliphatic carbocycles. The summed E-state index contributed by atoms with van der Waals surface area (Å²) in [7, 11) is -1.96. The average molecular weight is 545 g/mol. The van der Waals surface area contributed by atoms with Gasteiger partial charge in [0.05, 0.1) is 17.3 Å². The quantitative estimate of drug-likeness (QED) is 0.300. The molecule has 0 aromatic heterocycles. The lowest BCUT2D eigenvalue weighted by Gasteiger charge is -2.47. The highest BCUT2D eigenvalue weighted by molar-refractivity contribution is 6.74. The summed E-state index contributed by atoms with van der Waals surface area (Å²) >= 11 is 0. The summed E-state index contributed by atoms with van der Waals surface area (Å²) in [5.74, 6) is 2.12. The molecule has 3 nitrogen and oxygen atoms in total. The minimum atomic E-state index is -1.96. The predicted octanol–water partition coefficient (Wildman–Crippen LogP) is 9.12. The van der Waals surface area contributed by atoms with Crippen molar-refractivity contribution < 1.29 is 14.6 Å². The molecule has 3 rings (SSSR count). The van der Waals surface area contributed by atoms with E-state index in [1.54, 1.807) is 5.57 Å². The van der Waals surface area contributed by atoms with Gasteiger partial charge in [0.1, 0.15) is 0 Å². The van der Waals surface area contributed by atoms with Gasteiger partial charge in [0.25, 0.3) is 0 Å². The fourth-order valence-corrected chi connectivity index (χ4v) is 9.52. The van der Waals surface area contributed by atoms with Gasteiger partial charge in [-0.05, 0) is 112 Å². The van der Waals surface area contributed by atoms with Crippen molar-refractivity contribution in [2.75, 3.05) is 0 Å². The molecule has 38 heavy (non-hydrogen) atoms. The van der Waals surface area contributed by atoms with Gasteiger partial charge in [0, 0.05) is 12.8 Å². The molecule has 0 aromatic carbocycles. The number of hydrogen-bond donors (Lipinski definition) is 2. The lowest BCUT2D eigenvalue weighted by Crippen LogP contribution is -2.51. The summed E-state index contributed by atoms with van der Waals surface area (Å²) in [5, 5.41) is 21.3. The van der Waals surface area contributed by atoms with Crippen molar-refractivity contribution in [2.45, 2.75) is 155 Å². The zero-order valence-electron chi connectivity index (χ0n) is 26.5. The van der Waals surface area contributed by atoms with Crippen LogP contribution in [-0.4, -0.2) is 35.8 Å². The second-order valence-corrected chi connectivity index (χ2v) is 20.7. The number of fused-ring (bicyclic) bond motifs is 1. The third kappa shape index (κ3) is 7.14. The maximum atomic E-state index is 11.0. The number of aliphatic hydroxyl groups is 2. The van der Waals surface area contributed by atoms with Crippen LogP contribution in [0.5, 0.6) is 0 Å². The van der Waals surface area contributed by atoms with Crippen molar-refractivity contribution in [2.24, 2.45) is 23.2 Å². The Kier molecular flexibility index (Phi) is 9.47. The second-order valence-electron chi connectivity index (χ2n) is 15.9. The van der Waals surface area contributed by atoms with E-state index in [0.717, 1.165) is 30.8 Å². The first kappa shape index (κ1) is 31.8. The SMILES string of the molecule is C=C1C(=CC=C2CCC[C@@]3(C)C2CCC3[C@@H](C)CCCC(C)(C)O)C[C@@](C)(O[Si](C)(C)C(C)(C)C)C[C@@H]1O. The number of aliphatic hydroxyl groups excluding tert-OH is 1. The lowest BCUT2D eigenvalue weighted by atomic mass is 9.60. The third-order valence-electron chi connectivity index (χ3n) is 11.0. The monoisotopic (exact) mass is 544 g/mol. The molecule has 0 saturated heterocycles. The molecule has 2 unspecified atom stereocenters. The Morgan fingerprint density at radius 1 is 1.13 bits per heavy atom. The number of allylic oxidation sites excluding steroid dienone is 3. The van der Waals surface area contributed by atoms with Crippen LogP contribution in [-0.2, 0) is 4.43 Å². The van der Waals surface area contributed by atoms with E-state index in [0.29, 0.717) is 23.7 Å². The molecular formula is C34H60O3Si. The van der Waals surface area contributed by atoms with Crippen LogP contribution in [0, 0.1) is 23.2 Å². The van der Waals surface area contributed by atoms with Crippen LogP contribution in [0.25, 0.3) is 0 Å². The van der Waals surface area contributed by atoms with Crippen molar-refractivity contribution in [3.8, 4) is 0 Å². The van der Waals surface area contributed by atoms with Crippen molar-refractivity contribution >= 4 is 8.32 Å². The molecule has 218 valence electrons. The molecule has 6 atom stereocenters. The molecule has 0 heterocycles. The zero-order chi connectivity index (χ0) is 28.7. The Morgan fingerprint density at radius 2 is 1.79 bits per heavy atom. The van der Waals surface area contributed by atoms with Crippen molar-refractivity contribution in [3.63, 3.8) is 0 Å². The minimum Gasteiger partial charge on any atom is -0.411 e. The first-order valence-corrected chi connectivity index (χ1v) is 18.4. The molecular weight excluding hydrogens is 484 g/mol. The van der Waals surface area contributed by atoms with Gasteiger partial charge in [0.2, 0.25) is 0 Å². The Morgan fingerprint density at radius 3 is 2.39 bits per heavy atom. The largest absolute Gasteiger partial charge is 0.411 e. The summed E-state index contributed by atoms with van der Waals surface area (Å²) in [6, 6.07) is 0. The summed E-state index contributed by atoms with van der Waals surface area (Å²) in [6.45, 7) is 26.9. The summed E-state index contributed by atoms with van der Waals surface area (Å²) in [4.78, 5) is 0. The van der Waals surface area contributed by atoms with Crippen LogP contribution in [0.1, 0.15) is 120 Å². The van der Waals surface area contributed by atoms with E-state index in [9.17, 15) is 10.2 Å². The molecule has 3 fully saturated rings. The van der Waals surface area contributed by atoms with Gasteiger partial charge < -0.3 is 14.6 Å². The van der Waals surface area contributed by atoms with Gasteiger partial charge in [-0.15, -0.1) is 0 Å². The van der Waals surface area contributed by atoms with Crippen LogP contribution in [0.4, 0.5) is 0 Å². The highest BCUT2D eigenvalue weighted by Crippen LogP contribution is 2.60. The van der Waals surface area contributed by atoms with Crippen LogP contribution < -0.4 is 0 Å². The average Bonchev–Trinajstić information content (AvgIpc) is 3.10. The fourth-order valence-electron chi connectivity index (χ4n) is 7.83. The highest BCUT2D eigenvalue weighted by atomic mass is 28.4. The van der Waals surface area contributed by atoms with Gasteiger partial charge in [-0.25, -0.2) is 0 Å². The Bertz CT molecular complexity index is 917. The van der Waals surface area contributed by atoms with E-state index in [-0.39, 0.29) is 10.6 Å². The molecule has 0 radical (unpaired) electrons. The van der Waals surface area contributed by atoms with E-state index >= 15 is 0 Å². The normalized spacial score (nSPS) is 36.1. The van der Waals surface area contributed by atoms with Gasteiger partial charge in [-0.2, -0.15) is 0 Å². The van der Waals surface area contributed by atoms with Gasteiger partial charge in [-0.3, -0.25) is 0 Å². The Hall–Kier alpha value is -0.683.